The van der Waals surface area contributed by atoms with Crippen LogP contribution in [0.1, 0.15) is 30.7 Å². The monoisotopic (exact) mass is 602 g/mol. The minimum atomic E-state index is -0.807. The number of ether oxygens (including phenoxy) is 2. The van der Waals surface area contributed by atoms with Crippen molar-refractivity contribution in [2.75, 3.05) is 19.1 Å². The average Bonchev–Trinajstić information content (AvgIpc) is 3.29. The lowest BCUT2D eigenvalue weighted by Crippen LogP contribution is -2.24. The largest absolute Gasteiger partial charge is 0.491 e. The fourth-order valence-electron chi connectivity index (χ4n) is 3.32. The zero-order chi connectivity index (χ0) is 24.7. The standard InChI is InChI=1S/C24H28ClFIN3O4/c1-24(2,17-5-8-23(22(27)9-17)34-14-19(31)10-25)16-3-6-21(7-4-16)33-15-20(32)13-30-12-18(11-26)28-29-30/h3-9,12,19-20,31-32H,10-11,13-15H2,1-2H3/t19-,20+/m1/s1/i26-1. The van der Waals surface area contributed by atoms with Crippen LogP contribution in [0.15, 0.2) is 48.7 Å². The number of rotatable bonds is 12. The van der Waals surface area contributed by atoms with Crippen molar-refractivity contribution in [3.8, 4) is 11.5 Å². The van der Waals surface area contributed by atoms with E-state index in [1.807, 2.05) is 36.4 Å². The third-order valence-electron chi connectivity index (χ3n) is 5.40. The van der Waals surface area contributed by atoms with Gasteiger partial charge in [-0.05, 0) is 58.0 Å². The molecule has 1 heterocycles. The molecule has 0 aliphatic rings. The first-order valence-electron chi connectivity index (χ1n) is 10.8. The second-order valence-electron chi connectivity index (χ2n) is 8.44. The number of benzene rings is 2. The Morgan fingerprint density at radius 2 is 1.74 bits per heavy atom. The van der Waals surface area contributed by atoms with Crippen LogP contribution in [0.2, 0.25) is 0 Å². The second kappa shape index (κ2) is 12.1. The summed E-state index contributed by atoms with van der Waals surface area (Å²) in [7, 11) is 0. The number of nitrogens with zero attached hydrogens (tertiary/aromatic N) is 3. The van der Waals surface area contributed by atoms with Crippen LogP contribution in [-0.2, 0) is 18.6 Å². The highest BCUT2D eigenvalue weighted by atomic mass is 127. The molecule has 7 nitrogen and oxygen atoms in total. The number of hydrogen-bond acceptors (Lipinski definition) is 6. The number of aromatic nitrogens is 3. The van der Waals surface area contributed by atoms with E-state index in [-0.39, 0.29) is 36.7 Å². The molecule has 0 saturated heterocycles. The lowest BCUT2D eigenvalue weighted by Gasteiger charge is -2.27. The molecule has 0 aliphatic carbocycles. The molecule has 3 aromatic rings. The topological polar surface area (TPSA) is 89.6 Å². The molecule has 0 amide bonds. The minimum absolute atomic E-state index is 0.0750. The Morgan fingerprint density at radius 1 is 1.06 bits per heavy atom. The summed E-state index contributed by atoms with van der Waals surface area (Å²) >= 11 is 7.85. The fourth-order valence-corrected chi connectivity index (χ4v) is 4.08. The molecule has 2 aromatic carbocycles. The minimum Gasteiger partial charge on any atom is -0.491 e. The van der Waals surface area contributed by atoms with Crippen molar-refractivity contribution in [1.29, 1.82) is 0 Å². The van der Waals surface area contributed by atoms with E-state index < -0.39 is 18.9 Å². The SMILES string of the molecule is CC(C)(c1ccc(OC[C@@H](O)Cn2cc(C[18F])nn2)cc1)c1ccc(OC[C@H](O)CCl)c(I)c1. The van der Waals surface area contributed by atoms with Crippen LogP contribution < -0.4 is 9.47 Å². The first-order chi connectivity index (χ1) is 16.2. The summed E-state index contributed by atoms with van der Waals surface area (Å²) in [6, 6.07) is 13.7. The highest BCUT2D eigenvalue weighted by Crippen LogP contribution is 2.35. The Bertz CT molecular complexity index is 1060. The highest BCUT2D eigenvalue weighted by Gasteiger charge is 2.24. The van der Waals surface area contributed by atoms with Crippen LogP contribution in [0.4, 0.5) is 4.39 Å². The van der Waals surface area contributed by atoms with Gasteiger partial charge in [-0.15, -0.1) is 16.7 Å². The molecule has 0 radical (unpaired) electrons. The summed E-state index contributed by atoms with van der Waals surface area (Å²) in [6.45, 7) is 3.98. The van der Waals surface area contributed by atoms with E-state index in [1.54, 1.807) is 0 Å². The van der Waals surface area contributed by atoms with Gasteiger partial charge in [0.25, 0.3) is 0 Å². The fraction of sp³-hybridized carbons (Fsp3) is 0.417. The summed E-state index contributed by atoms with van der Waals surface area (Å²) in [6.07, 6.45) is -0.0470. The molecular formula is C24H28ClFIN3O4. The third-order valence-corrected chi connectivity index (χ3v) is 6.60. The maximum Gasteiger partial charge on any atom is 0.135 e. The summed E-state index contributed by atoms with van der Waals surface area (Å²) in [4.78, 5) is 0. The number of alkyl halides is 2. The van der Waals surface area contributed by atoms with Crippen molar-refractivity contribution in [3.63, 3.8) is 0 Å². The van der Waals surface area contributed by atoms with Crippen molar-refractivity contribution in [2.45, 2.75) is 44.7 Å². The van der Waals surface area contributed by atoms with Crippen LogP contribution in [0.25, 0.3) is 0 Å². The van der Waals surface area contributed by atoms with Crippen LogP contribution in [0.5, 0.6) is 11.5 Å². The number of hydrogen-bond donors (Lipinski definition) is 2. The molecule has 2 atom stereocenters. The van der Waals surface area contributed by atoms with Gasteiger partial charge in [-0.2, -0.15) is 0 Å². The van der Waals surface area contributed by atoms with Gasteiger partial charge in [0.05, 0.1) is 22.2 Å². The Morgan fingerprint density at radius 3 is 2.35 bits per heavy atom. The average molecular weight is 603 g/mol. The predicted molar refractivity (Wildman–Crippen MR) is 136 cm³/mol. The van der Waals surface area contributed by atoms with E-state index in [1.165, 1.54) is 10.9 Å². The van der Waals surface area contributed by atoms with Gasteiger partial charge < -0.3 is 19.7 Å². The van der Waals surface area contributed by atoms with Gasteiger partial charge in [0.1, 0.15) is 49.3 Å². The molecule has 184 valence electrons. The van der Waals surface area contributed by atoms with Crippen molar-refractivity contribution >= 4 is 34.2 Å². The molecule has 0 aliphatic heterocycles. The van der Waals surface area contributed by atoms with E-state index in [2.05, 4.69) is 52.8 Å². The Balaban J connectivity index is 1.59. The molecule has 1 aromatic heterocycles. The molecule has 0 saturated carbocycles. The van der Waals surface area contributed by atoms with Crippen molar-refractivity contribution < 1.29 is 24.1 Å². The van der Waals surface area contributed by atoms with Gasteiger partial charge in [-0.25, -0.2) is 9.07 Å². The maximum atomic E-state index is 12.6. The van der Waals surface area contributed by atoms with Gasteiger partial charge in [-0.1, -0.05) is 37.3 Å². The van der Waals surface area contributed by atoms with Gasteiger partial charge in [0, 0.05) is 5.41 Å². The summed E-state index contributed by atoms with van der Waals surface area (Å²) in [5, 5.41) is 27.2. The molecule has 0 unspecified atom stereocenters. The number of aliphatic hydroxyl groups is 2. The second-order valence-corrected chi connectivity index (χ2v) is 9.91. The molecule has 2 N–H and O–H groups in total. The van der Waals surface area contributed by atoms with Crippen LogP contribution in [0.3, 0.4) is 0 Å². The predicted octanol–water partition coefficient (Wildman–Crippen LogP) is 4.10. The lowest BCUT2D eigenvalue weighted by molar-refractivity contribution is 0.0888. The molecule has 0 bridgehead atoms. The highest BCUT2D eigenvalue weighted by molar-refractivity contribution is 14.1. The molecular weight excluding hydrogens is 575 g/mol. The molecule has 0 fully saturated rings. The van der Waals surface area contributed by atoms with Crippen molar-refractivity contribution in [2.24, 2.45) is 0 Å². The van der Waals surface area contributed by atoms with E-state index >= 15 is 0 Å². The number of halogens is 3. The quantitative estimate of drug-likeness (QED) is 0.240. The molecule has 0 spiro atoms. The lowest BCUT2D eigenvalue weighted by atomic mass is 9.78. The zero-order valence-electron chi connectivity index (χ0n) is 19.0. The summed E-state index contributed by atoms with van der Waals surface area (Å²) in [5.74, 6) is 1.47. The van der Waals surface area contributed by atoms with E-state index in [0.29, 0.717) is 11.5 Å². The first-order valence-corrected chi connectivity index (χ1v) is 12.4. The van der Waals surface area contributed by atoms with E-state index in [9.17, 15) is 14.6 Å². The maximum absolute atomic E-state index is 12.6. The summed E-state index contributed by atoms with van der Waals surface area (Å²) in [5.41, 5.74) is 2.18. The summed E-state index contributed by atoms with van der Waals surface area (Å²) < 4.78 is 26.3. The molecule has 10 heteroatoms. The van der Waals surface area contributed by atoms with Crippen molar-refractivity contribution in [3.05, 3.63) is 69.1 Å². The van der Waals surface area contributed by atoms with Gasteiger partial charge in [0.15, 0.2) is 0 Å². The van der Waals surface area contributed by atoms with E-state index in [4.69, 9.17) is 21.1 Å². The van der Waals surface area contributed by atoms with Crippen LogP contribution >= 0.6 is 34.2 Å². The normalized spacial score (nSPS) is 13.5. The smallest absolute Gasteiger partial charge is 0.135 e. The van der Waals surface area contributed by atoms with E-state index in [0.717, 1.165) is 14.7 Å². The first kappa shape index (κ1) is 26.7. The molecule has 34 heavy (non-hydrogen) atoms. The van der Waals surface area contributed by atoms with Crippen molar-refractivity contribution in [1.82, 2.24) is 15.0 Å². The number of aliphatic hydroxyl groups excluding tert-OH is 2. The van der Waals surface area contributed by atoms with Gasteiger partial charge in [-0.3, -0.25) is 0 Å². The Hall–Kier alpha value is -1.95. The van der Waals surface area contributed by atoms with Gasteiger partial charge >= 0.3 is 0 Å². The van der Waals surface area contributed by atoms with Gasteiger partial charge in [0.2, 0.25) is 0 Å². The molecule has 3 rings (SSSR count). The zero-order valence-corrected chi connectivity index (χ0v) is 21.9. The third kappa shape index (κ3) is 7.03. The van der Waals surface area contributed by atoms with Crippen LogP contribution in [-0.4, -0.2) is 56.5 Å². The Kier molecular flexibility index (Phi) is 9.52. The Labute approximate surface area is 217 Å². The van der Waals surface area contributed by atoms with Crippen LogP contribution in [0, 0.1) is 3.57 Å².